The van der Waals surface area contributed by atoms with Crippen LogP contribution in [-0.4, -0.2) is 64.9 Å². The fourth-order valence-corrected chi connectivity index (χ4v) is 4.90. The second-order valence-corrected chi connectivity index (χ2v) is 9.84. The van der Waals surface area contributed by atoms with Gasteiger partial charge in [0.2, 0.25) is 0 Å². The van der Waals surface area contributed by atoms with Crippen molar-refractivity contribution in [3.05, 3.63) is 86.6 Å². The van der Waals surface area contributed by atoms with Crippen LogP contribution in [0.15, 0.2) is 65.0 Å². The number of carbonyl (C=O) groups excluding carboxylic acids is 1. The van der Waals surface area contributed by atoms with E-state index < -0.39 is 30.5 Å². The van der Waals surface area contributed by atoms with Gasteiger partial charge in [-0.2, -0.15) is 0 Å². The summed E-state index contributed by atoms with van der Waals surface area (Å²) in [6, 6.07) is 16.5. The first-order chi connectivity index (χ1) is 17.4. The Morgan fingerprint density at radius 3 is 2.58 bits per heavy atom. The number of halogens is 1. The van der Waals surface area contributed by atoms with Gasteiger partial charge in [0, 0.05) is 11.2 Å². The van der Waals surface area contributed by atoms with Crippen molar-refractivity contribution in [2.45, 2.75) is 43.9 Å². The van der Waals surface area contributed by atoms with Crippen molar-refractivity contribution in [2.24, 2.45) is 4.99 Å². The lowest BCUT2D eigenvalue weighted by molar-refractivity contribution is -0.205. The summed E-state index contributed by atoms with van der Waals surface area (Å²) in [4.78, 5) is 16.9. The minimum absolute atomic E-state index is 0.108. The van der Waals surface area contributed by atoms with Gasteiger partial charge in [-0.3, -0.25) is 9.79 Å². The van der Waals surface area contributed by atoms with Crippen molar-refractivity contribution < 1.29 is 29.6 Å². The van der Waals surface area contributed by atoms with Gasteiger partial charge in [0.25, 0.3) is 0 Å². The van der Waals surface area contributed by atoms with E-state index in [2.05, 4.69) is 4.99 Å². The van der Waals surface area contributed by atoms with Crippen LogP contribution in [0.5, 0.6) is 5.75 Å². The average molecular weight is 530 g/mol. The maximum absolute atomic E-state index is 12.2. The van der Waals surface area contributed by atoms with Crippen LogP contribution in [0.1, 0.15) is 39.4 Å². The Labute approximate surface area is 218 Å². The highest BCUT2D eigenvalue weighted by Gasteiger charge is 2.43. The van der Waals surface area contributed by atoms with E-state index in [4.69, 9.17) is 21.1 Å². The molecule has 3 N–H and O–H groups in total. The third-order valence-corrected chi connectivity index (χ3v) is 7.24. The van der Waals surface area contributed by atoms with Crippen molar-refractivity contribution in [3.8, 4) is 5.75 Å². The molecule has 2 aromatic carbocycles. The summed E-state index contributed by atoms with van der Waals surface area (Å²) >= 11 is 7.78. The molecule has 3 aromatic rings. The first-order valence-corrected chi connectivity index (χ1v) is 12.9. The molecule has 4 rings (SSSR count). The van der Waals surface area contributed by atoms with Crippen molar-refractivity contribution in [1.29, 1.82) is 0 Å². The van der Waals surface area contributed by atoms with E-state index in [-0.39, 0.29) is 12.3 Å². The van der Waals surface area contributed by atoms with E-state index in [9.17, 15) is 20.1 Å². The van der Waals surface area contributed by atoms with E-state index >= 15 is 0 Å². The number of benzene rings is 2. The molecular weight excluding hydrogens is 502 g/mol. The number of hydrogen-bond acceptors (Lipinski definition) is 8. The maximum atomic E-state index is 12.2. The Balaban J connectivity index is 1.49. The van der Waals surface area contributed by atoms with Gasteiger partial charge in [-0.05, 0) is 59.7 Å². The first-order valence-electron chi connectivity index (χ1n) is 11.6. The van der Waals surface area contributed by atoms with E-state index in [1.807, 2.05) is 42.6 Å². The lowest BCUT2D eigenvalue weighted by Crippen LogP contribution is -2.54. The molecule has 9 heteroatoms. The van der Waals surface area contributed by atoms with E-state index in [1.165, 1.54) is 17.6 Å². The largest absolute Gasteiger partial charge is 0.494 e. The van der Waals surface area contributed by atoms with Crippen LogP contribution < -0.4 is 4.74 Å². The number of nitrogens with zero attached hydrogens (tertiary/aromatic N) is 1. The smallest absolute Gasteiger partial charge is 0.194 e. The zero-order valence-electron chi connectivity index (χ0n) is 19.7. The molecule has 0 saturated carbocycles. The molecule has 1 aromatic heterocycles. The lowest BCUT2D eigenvalue weighted by Gasteiger charge is -2.39. The molecule has 0 spiro atoms. The quantitative estimate of drug-likeness (QED) is 0.287. The molecule has 0 bridgehead atoms. The molecule has 7 nitrogen and oxygen atoms in total. The fourth-order valence-electron chi connectivity index (χ4n) is 4.06. The topological polar surface area (TPSA) is 109 Å². The van der Waals surface area contributed by atoms with E-state index in [1.54, 1.807) is 24.3 Å². The number of rotatable bonds is 9. The highest BCUT2D eigenvalue weighted by atomic mass is 35.5. The summed E-state index contributed by atoms with van der Waals surface area (Å²) in [7, 11) is 0. The van der Waals surface area contributed by atoms with Gasteiger partial charge in [0.1, 0.15) is 42.8 Å². The van der Waals surface area contributed by atoms with Crippen LogP contribution in [0.3, 0.4) is 0 Å². The first kappa shape index (κ1) is 26.5. The molecule has 0 amide bonds. The maximum Gasteiger partial charge on any atom is 0.194 e. The summed E-state index contributed by atoms with van der Waals surface area (Å²) in [6.07, 6.45) is -4.29. The third-order valence-electron chi connectivity index (χ3n) is 5.96. The third kappa shape index (κ3) is 6.21. The fraction of sp³-hybridized carbons (Fsp3) is 0.333. The second kappa shape index (κ2) is 12.1. The number of carbonyl (C=O) groups is 1. The van der Waals surface area contributed by atoms with Crippen molar-refractivity contribution in [2.75, 3.05) is 13.2 Å². The minimum atomic E-state index is -1.46. The van der Waals surface area contributed by atoms with Crippen molar-refractivity contribution in [3.63, 3.8) is 0 Å². The number of aliphatic hydroxyl groups excluding tert-OH is 3. The van der Waals surface area contributed by atoms with Crippen molar-refractivity contribution >= 4 is 34.9 Å². The van der Waals surface area contributed by atoms with E-state index in [0.29, 0.717) is 28.5 Å². The Hall–Kier alpha value is -2.59. The standard InChI is InChI=1S/C27H28ClNO6S/c1-2-34-19-8-5-16(6-9-19)12-18-13-17(7-10-20(18)28)27-26(33)25(32)24(31)22(35-27)15-29-14-21(30)23-4-3-11-36-23/h3-11,13,15,22,24-27,31-33H,2,12,14H2,1H3/t22-,24-,25+,26-,27+/m1/s1. The van der Waals surface area contributed by atoms with Crippen LogP contribution in [0.2, 0.25) is 5.02 Å². The molecule has 2 heterocycles. The zero-order valence-corrected chi connectivity index (χ0v) is 21.2. The minimum Gasteiger partial charge on any atom is -0.494 e. The normalized spacial score (nSPS) is 24.2. The molecule has 1 saturated heterocycles. The lowest BCUT2D eigenvalue weighted by atomic mass is 9.90. The number of Topliss-reactive ketones (excluding diaryl/α,β-unsaturated/α-hetero) is 1. The molecule has 36 heavy (non-hydrogen) atoms. The van der Waals surface area contributed by atoms with Crippen molar-refractivity contribution in [1.82, 2.24) is 0 Å². The highest BCUT2D eigenvalue weighted by Crippen LogP contribution is 2.34. The number of ether oxygens (including phenoxy) is 2. The Kier molecular flexibility index (Phi) is 8.90. The SMILES string of the molecule is CCOc1ccc(Cc2cc([C@@H]3O[C@H](C=NCC(=O)c4cccs4)[C@@H](O)[C@H](O)[C@H]3O)ccc2Cl)cc1. The molecule has 0 aliphatic carbocycles. The zero-order chi connectivity index (χ0) is 25.7. The summed E-state index contributed by atoms with van der Waals surface area (Å²) < 4.78 is 11.4. The predicted octanol–water partition coefficient (Wildman–Crippen LogP) is 3.87. The average Bonchev–Trinajstić information content (AvgIpc) is 3.42. The molecule has 1 aliphatic rings. The van der Waals surface area contributed by atoms with Gasteiger partial charge in [-0.25, -0.2) is 0 Å². The van der Waals surface area contributed by atoms with Crippen LogP contribution >= 0.6 is 22.9 Å². The number of hydrogen-bond donors (Lipinski definition) is 3. The van der Waals surface area contributed by atoms with Gasteiger partial charge >= 0.3 is 0 Å². The highest BCUT2D eigenvalue weighted by molar-refractivity contribution is 7.12. The van der Waals surface area contributed by atoms with Gasteiger partial charge in [0.05, 0.1) is 11.5 Å². The molecular formula is C27H28ClNO6S. The van der Waals surface area contributed by atoms with Crippen LogP contribution in [-0.2, 0) is 11.2 Å². The number of thiophene rings is 1. The monoisotopic (exact) mass is 529 g/mol. The van der Waals surface area contributed by atoms with Crippen LogP contribution in [0.25, 0.3) is 0 Å². The van der Waals surface area contributed by atoms with Gasteiger partial charge in [-0.1, -0.05) is 41.9 Å². The summed E-state index contributed by atoms with van der Waals surface area (Å²) in [5.41, 5.74) is 2.45. The molecule has 1 fully saturated rings. The summed E-state index contributed by atoms with van der Waals surface area (Å²) in [5.74, 6) is 0.637. The second-order valence-electron chi connectivity index (χ2n) is 8.49. The predicted molar refractivity (Wildman–Crippen MR) is 140 cm³/mol. The van der Waals surface area contributed by atoms with Crippen LogP contribution in [0.4, 0.5) is 0 Å². The van der Waals surface area contributed by atoms with Gasteiger partial charge in [-0.15, -0.1) is 11.3 Å². The number of ketones is 1. The van der Waals surface area contributed by atoms with Gasteiger partial charge < -0.3 is 24.8 Å². The Morgan fingerprint density at radius 2 is 1.89 bits per heavy atom. The van der Waals surface area contributed by atoms with Crippen LogP contribution in [0, 0.1) is 0 Å². The number of aliphatic hydroxyl groups is 3. The van der Waals surface area contributed by atoms with E-state index in [0.717, 1.165) is 16.9 Å². The molecule has 0 radical (unpaired) electrons. The molecule has 190 valence electrons. The summed E-state index contributed by atoms with van der Waals surface area (Å²) in [6.45, 7) is 2.41. The number of aliphatic imine (C=N–C) groups is 1. The Bertz CT molecular complexity index is 1180. The molecule has 0 unspecified atom stereocenters. The Morgan fingerprint density at radius 1 is 1.11 bits per heavy atom. The molecule has 5 atom stereocenters. The molecule has 1 aliphatic heterocycles. The summed E-state index contributed by atoms with van der Waals surface area (Å²) in [5, 5.41) is 34.0. The van der Waals surface area contributed by atoms with Gasteiger partial charge in [0.15, 0.2) is 5.78 Å².